The highest BCUT2D eigenvalue weighted by atomic mass is 16.5. The highest BCUT2D eigenvalue weighted by molar-refractivity contribution is 5.85. The number of allylic oxidation sites excluding steroid dienone is 1. The summed E-state index contributed by atoms with van der Waals surface area (Å²) in [5.41, 5.74) is 4.24. The molecule has 0 aromatic heterocycles. The second-order valence-electron chi connectivity index (χ2n) is 3.16. The van der Waals surface area contributed by atoms with Crippen LogP contribution in [-0.4, -0.2) is 19.4 Å². The molecule has 0 atom stereocenters. The van der Waals surface area contributed by atoms with Crippen molar-refractivity contribution in [2.45, 2.75) is 6.92 Å². The van der Waals surface area contributed by atoms with Gasteiger partial charge in [0.05, 0.1) is 13.3 Å². The van der Waals surface area contributed by atoms with Gasteiger partial charge in [-0.3, -0.25) is 0 Å². The lowest BCUT2D eigenvalue weighted by Crippen LogP contribution is -2.16. The molecule has 0 heterocycles. The third-order valence-electron chi connectivity index (χ3n) is 1.80. The number of benzene rings is 1. The number of methoxy groups -OCH3 is 1. The van der Waals surface area contributed by atoms with Crippen LogP contribution in [0.25, 0.3) is 6.08 Å². The largest absolute Gasteiger partial charge is 0.452 e. The summed E-state index contributed by atoms with van der Waals surface area (Å²) in [6.07, 6.45) is 2.94. The van der Waals surface area contributed by atoms with Gasteiger partial charge in [0.15, 0.2) is 0 Å². The van der Waals surface area contributed by atoms with E-state index in [1.807, 2.05) is 43.3 Å². The molecule has 84 valence electrons. The van der Waals surface area contributed by atoms with Crippen molar-refractivity contribution in [3.05, 3.63) is 41.5 Å². The Balaban J connectivity index is 2.55. The molecule has 0 aliphatic rings. The van der Waals surface area contributed by atoms with Crippen LogP contribution in [0.3, 0.4) is 0 Å². The SMILES string of the molecule is COC(=O)N/N=C\C(C)=C\c1ccccc1. The van der Waals surface area contributed by atoms with Crippen LogP contribution in [0.5, 0.6) is 0 Å². The van der Waals surface area contributed by atoms with Crippen LogP contribution in [0, 0.1) is 0 Å². The molecule has 16 heavy (non-hydrogen) atoms. The molecule has 0 aliphatic carbocycles. The number of carbonyl (C=O) groups excluding carboxylic acids is 1. The first-order valence-corrected chi connectivity index (χ1v) is 4.83. The molecule has 0 spiro atoms. The molecule has 1 N–H and O–H groups in total. The number of nitrogens with zero attached hydrogens (tertiary/aromatic N) is 1. The Morgan fingerprint density at radius 2 is 2.06 bits per heavy atom. The first-order valence-electron chi connectivity index (χ1n) is 4.83. The van der Waals surface area contributed by atoms with Gasteiger partial charge in [0.25, 0.3) is 0 Å². The monoisotopic (exact) mass is 218 g/mol. The maximum atomic E-state index is 10.7. The van der Waals surface area contributed by atoms with Gasteiger partial charge in [0, 0.05) is 0 Å². The van der Waals surface area contributed by atoms with E-state index in [1.54, 1.807) is 6.21 Å². The Bertz CT molecular complexity index is 397. The van der Waals surface area contributed by atoms with Crippen LogP contribution in [0.2, 0.25) is 0 Å². The van der Waals surface area contributed by atoms with Crippen molar-refractivity contribution in [1.82, 2.24) is 5.43 Å². The van der Waals surface area contributed by atoms with Crippen molar-refractivity contribution in [1.29, 1.82) is 0 Å². The van der Waals surface area contributed by atoms with Crippen molar-refractivity contribution in [3.63, 3.8) is 0 Å². The van der Waals surface area contributed by atoms with Crippen LogP contribution >= 0.6 is 0 Å². The molecule has 1 rings (SSSR count). The Kier molecular flexibility index (Phi) is 4.79. The molecule has 4 nitrogen and oxygen atoms in total. The van der Waals surface area contributed by atoms with Gasteiger partial charge in [-0.05, 0) is 18.1 Å². The van der Waals surface area contributed by atoms with Gasteiger partial charge in [-0.25, -0.2) is 10.2 Å². The minimum Gasteiger partial charge on any atom is -0.452 e. The maximum absolute atomic E-state index is 10.7. The highest BCUT2D eigenvalue weighted by Crippen LogP contribution is 2.04. The fourth-order valence-corrected chi connectivity index (χ4v) is 1.08. The van der Waals surface area contributed by atoms with Crippen LogP contribution in [0.4, 0.5) is 4.79 Å². The molecule has 1 amide bonds. The normalized spacial score (nSPS) is 11.5. The summed E-state index contributed by atoms with van der Waals surface area (Å²) in [4.78, 5) is 10.7. The Morgan fingerprint density at radius 3 is 2.69 bits per heavy atom. The van der Waals surface area contributed by atoms with E-state index in [2.05, 4.69) is 15.3 Å². The van der Waals surface area contributed by atoms with Gasteiger partial charge >= 0.3 is 6.09 Å². The first-order chi connectivity index (χ1) is 7.72. The summed E-state index contributed by atoms with van der Waals surface area (Å²) in [5.74, 6) is 0. The van der Waals surface area contributed by atoms with Gasteiger partial charge in [0.1, 0.15) is 0 Å². The zero-order chi connectivity index (χ0) is 11.8. The molecule has 1 aromatic carbocycles. The molecule has 0 bridgehead atoms. The average Bonchev–Trinajstić information content (AvgIpc) is 2.30. The molecule has 0 fully saturated rings. The summed E-state index contributed by atoms with van der Waals surface area (Å²) in [5, 5.41) is 3.72. The van der Waals surface area contributed by atoms with Crippen molar-refractivity contribution in [3.8, 4) is 0 Å². The number of hydrogen-bond donors (Lipinski definition) is 1. The summed E-state index contributed by atoms with van der Waals surface area (Å²) in [6.45, 7) is 1.90. The Hall–Kier alpha value is -2.10. The molecular weight excluding hydrogens is 204 g/mol. The van der Waals surface area contributed by atoms with Crippen molar-refractivity contribution >= 4 is 18.4 Å². The number of rotatable bonds is 3. The Morgan fingerprint density at radius 1 is 1.38 bits per heavy atom. The summed E-state index contributed by atoms with van der Waals surface area (Å²) in [6, 6.07) is 9.86. The summed E-state index contributed by atoms with van der Waals surface area (Å²) < 4.78 is 4.37. The molecule has 0 saturated carbocycles. The molecule has 1 aromatic rings. The van der Waals surface area contributed by atoms with E-state index in [0.29, 0.717) is 0 Å². The topological polar surface area (TPSA) is 50.7 Å². The molecule has 0 aliphatic heterocycles. The smallest absolute Gasteiger partial charge is 0.427 e. The average molecular weight is 218 g/mol. The minimum atomic E-state index is -0.580. The lowest BCUT2D eigenvalue weighted by atomic mass is 10.1. The number of carbonyl (C=O) groups is 1. The fourth-order valence-electron chi connectivity index (χ4n) is 1.08. The predicted octanol–water partition coefficient (Wildman–Crippen LogP) is 2.43. The second-order valence-corrected chi connectivity index (χ2v) is 3.16. The Labute approximate surface area is 94.6 Å². The van der Waals surface area contributed by atoms with Gasteiger partial charge in [-0.15, -0.1) is 0 Å². The number of hydrazone groups is 1. The molecular formula is C12H14N2O2. The van der Waals surface area contributed by atoms with E-state index in [9.17, 15) is 4.79 Å². The number of nitrogens with one attached hydrogen (secondary N) is 1. The third kappa shape index (κ3) is 4.41. The standard InChI is InChI=1S/C12H14N2O2/c1-10(9-13-14-12(15)16-2)8-11-6-4-3-5-7-11/h3-9H,1-2H3,(H,14,15)/b10-8+,13-9-. The van der Waals surface area contributed by atoms with E-state index in [0.717, 1.165) is 11.1 Å². The third-order valence-corrected chi connectivity index (χ3v) is 1.80. The lowest BCUT2D eigenvalue weighted by molar-refractivity contribution is 0.171. The minimum absolute atomic E-state index is 0.580. The fraction of sp³-hybridized carbons (Fsp3) is 0.167. The van der Waals surface area contributed by atoms with E-state index in [-0.39, 0.29) is 0 Å². The van der Waals surface area contributed by atoms with E-state index in [4.69, 9.17) is 0 Å². The van der Waals surface area contributed by atoms with Gasteiger partial charge in [-0.1, -0.05) is 36.4 Å². The van der Waals surface area contributed by atoms with E-state index >= 15 is 0 Å². The van der Waals surface area contributed by atoms with Gasteiger partial charge < -0.3 is 4.74 Å². The second kappa shape index (κ2) is 6.40. The summed E-state index contributed by atoms with van der Waals surface area (Å²) in [7, 11) is 1.29. The van der Waals surface area contributed by atoms with E-state index in [1.165, 1.54) is 7.11 Å². The lowest BCUT2D eigenvalue weighted by Gasteiger charge is -1.96. The quantitative estimate of drug-likeness (QED) is 0.625. The first kappa shape index (κ1) is 12.0. The zero-order valence-corrected chi connectivity index (χ0v) is 9.31. The van der Waals surface area contributed by atoms with Gasteiger partial charge in [-0.2, -0.15) is 5.10 Å². The van der Waals surface area contributed by atoms with Crippen LogP contribution in [-0.2, 0) is 4.74 Å². The maximum Gasteiger partial charge on any atom is 0.427 e. The number of hydrogen-bond acceptors (Lipinski definition) is 3. The van der Waals surface area contributed by atoms with Crippen LogP contribution < -0.4 is 5.43 Å². The molecule has 4 heteroatoms. The molecule has 0 radical (unpaired) electrons. The van der Waals surface area contributed by atoms with E-state index < -0.39 is 6.09 Å². The number of ether oxygens (including phenoxy) is 1. The van der Waals surface area contributed by atoms with Crippen molar-refractivity contribution < 1.29 is 9.53 Å². The van der Waals surface area contributed by atoms with Crippen molar-refractivity contribution in [2.24, 2.45) is 5.10 Å². The predicted molar refractivity (Wildman–Crippen MR) is 64.1 cm³/mol. The van der Waals surface area contributed by atoms with Crippen LogP contribution in [0.15, 0.2) is 41.0 Å². The van der Waals surface area contributed by atoms with Gasteiger partial charge in [0.2, 0.25) is 0 Å². The highest BCUT2D eigenvalue weighted by Gasteiger charge is 1.92. The molecule has 0 unspecified atom stereocenters. The molecule has 0 saturated heterocycles. The zero-order valence-electron chi connectivity index (χ0n) is 9.31. The number of amides is 1. The summed E-state index contributed by atoms with van der Waals surface area (Å²) >= 11 is 0. The van der Waals surface area contributed by atoms with Crippen LogP contribution in [0.1, 0.15) is 12.5 Å². The van der Waals surface area contributed by atoms with Crippen molar-refractivity contribution in [2.75, 3.05) is 7.11 Å².